The van der Waals surface area contributed by atoms with Crippen LogP contribution in [0.25, 0.3) is 0 Å². The highest BCUT2D eigenvalue weighted by atomic mass is 35.5. The number of hydrogen-bond acceptors (Lipinski definition) is 5. The quantitative estimate of drug-likeness (QED) is 0.635. The van der Waals surface area contributed by atoms with E-state index in [2.05, 4.69) is 0 Å². The van der Waals surface area contributed by atoms with Crippen molar-refractivity contribution < 1.29 is 18.9 Å². The van der Waals surface area contributed by atoms with Crippen molar-refractivity contribution in [2.75, 3.05) is 46.8 Å². The Bertz CT molecular complexity index is 401. The van der Waals surface area contributed by atoms with Gasteiger partial charge < -0.3 is 24.7 Å². The number of nitrogens with two attached hydrogens (primary N) is 1. The molecule has 0 bridgehead atoms. The SMILES string of the molecule is COCCOCCOCCOc1ccc(C(C)N)c(Cl)c1. The molecular formula is C15H24ClNO4. The standard InChI is InChI=1S/C15H24ClNO4/c1-12(17)14-4-3-13(11-15(14)16)21-10-9-20-8-7-19-6-5-18-2/h3-4,11-12H,5-10,17H2,1-2H3. The average molecular weight is 318 g/mol. The summed E-state index contributed by atoms with van der Waals surface area (Å²) >= 11 is 6.13. The molecule has 1 aromatic rings. The predicted octanol–water partition coefficient (Wildman–Crippen LogP) is 2.42. The van der Waals surface area contributed by atoms with Crippen LogP contribution >= 0.6 is 11.6 Å². The van der Waals surface area contributed by atoms with Crippen molar-refractivity contribution >= 4 is 11.6 Å². The highest BCUT2D eigenvalue weighted by Crippen LogP contribution is 2.26. The molecule has 0 radical (unpaired) electrons. The topological polar surface area (TPSA) is 62.9 Å². The van der Waals surface area contributed by atoms with Crippen LogP contribution in [0.5, 0.6) is 5.75 Å². The molecule has 2 N–H and O–H groups in total. The fourth-order valence-electron chi connectivity index (χ4n) is 1.65. The summed E-state index contributed by atoms with van der Waals surface area (Å²) < 4.78 is 21.1. The van der Waals surface area contributed by atoms with Gasteiger partial charge in [-0.1, -0.05) is 17.7 Å². The minimum absolute atomic E-state index is 0.0898. The van der Waals surface area contributed by atoms with Crippen molar-refractivity contribution in [3.63, 3.8) is 0 Å². The van der Waals surface area contributed by atoms with E-state index in [1.54, 1.807) is 13.2 Å². The van der Waals surface area contributed by atoms with Crippen LogP contribution in [0.15, 0.2) is 18.2 Å². The lowest BCUT2D eigenvalue weighted by atomic mass is 10.1. The molecule has 0 aliphatic heterocycles. The van der Waals surface area contributed by atoms with E-state index in [-0.39, 0.29) is 6.04 Å². The van der Waals surface area contributed by atoms with Crippen LogP contribution in [0.4, 0.5) is 0 Å². The maximum Gasteiger partial charge on any atom is 0.120 e. The number of halogens is 1. The molecule has 120 valence electrons. The summed E-state index contributed by atoms with van der Waals surface area (Å²) in [7, 11) is 1.64. The first-order valence-corrected chi connectivity index (χ1v) is 7.35. The third-order valence-electron chi connectivity index (χ3n) is 2.76. The van der Waals surface area contributed by atoms with Crippen LogP contribution < -0.4 is 10.5 Å². The van der Waals surface area contributed by atoms with Crippen LogP contribution in [0.1, 0.15) is 18.5 Å². The van der Waals surface area contributed by atoms with Gasteiger partial charge in [-0.05, 0) is 24.6 Å². The van der Waals surface area contributed by atoms with Crippen molar-refractivity contribution in [3.05, 3.63) is 28.8 Å². The Balaban J connectivity index is 2.11. The van der Waals surface area contributed by atoms with E-state index in [9.17, 15) is 0 Å². The van der Waals surface area contributed by atoms with Crippen LogP contribution in [0, 0.1) is 0 Å². The molecule has 5 nitrogen and oxygen atoms in total. The molecule has 0 fully saturated rings. The fourth-order valence-corrected chi connectivity index (χ4v) is 1.99. The van der Waals surface area contributed by atoms with Crippen molar-refractivity contribution in [2.24, 2.45) is 5.73 Å². The molecule has 0 aliphatic carbocycles. The van der Waals surface area contributed by atoms with Gasteiger partial charge in [0.25, 0.3) is 0 Å². The second kappa shape index (κ2) is 10.8. The molecule has 1 atom stereocenters. The summed E-state index contributed by atoms with van der Waals surface area (Å²) in [6.45, 7) is 5.13. The molecule has 0 amide bonds. The van der Waals surface area contributed by atoms with E-state index in [1.807, 2.05) is 19.1 Å². The minimum Gasteiger partial charge on any atom is -0.491 e. The lowest BCUT2D eigenvalue weighted by Gasteiger charge is -2.11. The van der Waals surface area contributed by atoms with Gasteiger partial charge in [0, 0.05) is 18.2 Å². The molecule has 0 spiro atoms. The summed E-state index contributed by atoms with van der Waals surface area (Å²) in [5, 5.41) is 0.620. The molecule has 1 rings (SSSR count). The Morgan fingerprint density at radius 3 is 2.24 bits per heavy atom. The Hall–Kier alpha value is -0.850. The van der Waals surface area contributed by atoms with E-state index in [1.165, 1.54) is 0 Å². The van der Waals surface area contributed by atoms with E-state index in [0.29, 0.717) is 50.4 Å². The van der Waals surface area contributed by atoms with Crippen molar-refractivity contribution in [1.82, 2.24) is 0 Å². The van der Waals surface area contributed by atoms with Gasteiger partial charge in [-0.25, -0.2) is 0 Å². The van der Waals surface area contributed by atoms with E-state index >= 15 is 0 Å². The Morgan fingerprint density at radius 1 is 1.05 bits per heavy atom. The number of methoxy groups -OCH3 is 1. The van der Waals surface area contributed by atoms with Gasteiger partial charge in [0.15, 0.2) is 0 Å². The first-order chi connectivity index (χ1) is 10.1. The van der Waals surface area contributed by atoms with Gasteiger partial charge in [0.1, 0.15) is 12.4 Å². The first kappa shape index (κ1) is 18.2. The Labute approximate surface area is 131 Å². The highest BCUT2D eigenvalue weighted by Gasteiger charge is 2.06. The summed E-state index contributed by atoms with van der Waals surface area (Å²) in [6.07, 6.45) is 0. The molecular weight excluding hydrogens is 294 g/mol. The molecule has 1 aromatic carbocycles. The molecule has 0 aromatic heterocycles. The second-order valence-electron chi connectivity index (χ2n) is 4.54. The first-order valence-electron chi connectivity index (χ1n) is 6.97. The van der Waals surface area contributed by atoms with E-state index in [4.69, 9.17) is 36.3 Å². The van der Waals surface area contributed by atoms with Gasteiger partial charge in [-0.2, -0.15) is 0 Å². The molecule has 0 saturated heterocycles. The monoisotopic (exact) mass is 317 g/mol. The molecule has 21 heavy (non-hydrogen) atoms. The maximum absolute atomic E-state index is 6.13. The van der Waals surface area contributed by atoms with Gasteiger partial charge >= 0.3 is 0 Å². The van der Waals surface area contributed by atoms with Gasteiger partial charge in [0.2, 0.25) is 0 Å². The number of rotatable bonds is 11. The van der Waals surface area contributed by atoms with Gasteiger partial charge in [0.05, 0.1) is 33.0 Å². The minimum atomic E-state index is -0.0898. The zero-order valence-electron chi connectivity index (χ0n) is 12.6. The number of hydrogen-bond donors (Lipinski definition) is 1. The zero-order valence-corrected chi connectivity index (χ0v) is 13.4. The van der Waals surface area contributed by atoms with Crippen LogP contribution in [-0.4, -0.2) is 46.8 Å². The van der Waals surface area contributed by atoms with Crippen molar-refractivity contribution in [3.8, 4) is 5.75 Å². The number of benzene rings is 1. The maximum atomic E-state index is 6.13. The fraction of sp³-hybridized carbons (Fsp3) is 0.600. The summed E-state index contributed by atoms with van der Waals surface area (Å²) in [5.74, 6) is 0.712. The normalized spacial score (nSPS) is 12.4. The summed E-state index contributed by atoms with van der Waals surface area (Å²) in [6, 6.07) is 5.42. The molecule has 6 heteroatoms. The second-order valence-corrected chi connectivity index (χ2v) is 4.95. The predicted molar refractivity (Wildman–Crippen MR) is 83.1 cm³/mol. The molecule has 1 unspecified atom stereocenters. The molecule has 0 saturated carbocycles. The lowest BCUT2D eigenvalue weighted by Crippen LogP contribution is -2.12. The van der Waals surface area contributed by atoms with Gasteiger partial charge in [-0.3, -0.25) is 0 Å². The summed E-state index contributed by atoms with van der Waals surface area (Å²) in [5.41, 5.74) is 6.71. The smallest absolute Gasteiger partial charge is 0.120 e. The van der Waals surface area contributed by atoms with Gasteiger partial charge in [-0.15, -0.1) is 0 Å². The van der Waals surface area contributed by atoms with Crippen molar-refractivity contribution in [1.29, 1.82) is 0 Å². The zero-order chi connectivity index (χ0) is 15.5. The third-order valence-corrected chi connectivity index (χ3v) is 3.09. The van der Waals surface area contributed by atoms with E-state index < -0.39 is 0 Å². The third kappa shape index (κ3) is 7.64. The lowest BCUT2D eigenvalue weighted by molar-refractivity contribution is 0.0180. The average Bonchev–Trinajstić information content (AvgIpc) is 2.45. The number of ether oxygens (including phenoxy) is 4. The van der Waals surface area contributed by atoms with Crippen LogP contribution in [0.2, 0.25) is 5.02 Å². The van der Waals surface area contributed by atoms with Crippen LogP contribution in [-0.2, 0) is 14.2 Å². The van der Waals surface area contributed by atoms with E-state index in [0.717, 1.165) is 5.56 Å². The Kier molecular flexibility index (Phi) is 9.37. The van der Waals surface area contributed by atoms with Crippen LogP contribution in [0.3, 0.4) is 0 Å². The molecule has 0 aliphatic rings. The highest BCUT2D eigenvalue weighted by molar-refractivity contribution is 6.31. The molecule has 0 heterocycles. The summed E-state index contributed by atoms with van der Waals surface area (Å²) in [4.78, 5) is 0. The largest absolute Gasteiger partial charge is 0.491 e. The Morgan fingerprint density at radius 2 is 1.67 bits per heavy atom. The van der Waals surface area contributed by atoms with Crippen molar-refractivity contribution in [2.45, 2.75) is 13.0 Å².